The van der Waals surface area contributed by atoms with Crippen molar-refractivity contribution in [2.45, 2.75) is 19.3 Å². The molecule has 0 aliphatic heterocycles. The van der Waals surface area contributed by atoms with Gasteiger partial charge < -0.3 is 4.42 Å². The van der Waals surface area contributed by atoms with Gasteiger partial charge in [-0.15, -0.1) is 11.3 Å². The lowest BCUT2D eigenvalue weighted by molar-refractivity contribution is 0.660. The molecule has 0 saturated carbocycles. The molecule has 12 rings (SSSR count). The molecule has 1 aliphatic carbocycles. The lowest BCUT2D eigenvalue weighted by atomic mass is 9.80. The summed E-state index contributed by atoms with van der Waals surface area (Å²) in [7, 11) is 0. The molecule has 0 amide bonds. The largest absolute Gasteiger partial charge is 0.455 e. The summed E-state index contributed by atoms with van der Waals surface area (Å²) in [4.78, 5) is 0. The zero-order valence-corrected chi connectivity index (χ0v) is 33.7. The lowest BCUT2D eigenvalue weighted by Gasteiger charge is -2.23. The number of hydrogen-bond donors (Lipinski definition) is 0. The molecule has 0 radical (unpaired) electrons. The van der Waals surface area contributed by atoms with Crippen molar-refractivity contribution in [1.82, 2.24) is 0 Å². The van der Waals surface area contributed by atoms with E-state index in [-0.39, 0.29) is 5.41 Å². The minimum absolute atomic E-state index is 0.212. The summed E-state index contributed by atoms with van der Waals surface area (Å²) in [6, 6.07) is 60.0. The molecule has 1 aliphatic rings. The minimum atomic E-state index is -0.212. The van der Waals surface area contributed by atoms with Gasteiger partial charge >= 0.3 is 0 Å². The van der Waals surface area contributed by atoms with Crippen LogP contribution in [-0.2, 0) is 5.41 Å². The smallest absolute Gasteiger partial charge is 0.143 e. The van der Waals surface area contributed by atoms with E-state index in [1.807, 2.05) is 12.1 Å². The third-order valence-corrected chi connectivity index (χ3v) is 14.0. The van der Waals surface area contributed by atoms with Crippen molar-refractivity contribution in [3.8, 4) is 33.4 Å². The minimum Gasteiger partial charge on any atom is -0.455 e. The molecule has 0 spiro atoms. The molecule has 59 heavy (non-hydrogen) atoms. The second-order valence-electron chi connectivity index (χ2n) is 16.6. The third-order valence-electron chi connectivity index (χ3n) is 12.9. The van der Waals surface area contributed by atoms with E-state index in [1.54, 1.807) is 11.3 Å². The molecule has 2 aromatic heterocycles. The predicted octanol–water partition coefficient (Wildman–Crippen LogP) is 14.8. The van der Waals surface area contributed by atoms with E-state index in [1.165, 1.54) is 81.5 Å². The normalized spacial score (nSPS) is 13.6. The molecule has 2 heteroatoms. The van der Waals surface area contributed by atoms with E-state index in [0.717, 1.165) is 48.2 Å². The van der Waals surface area contributed by atoms with Gasteiger partial charge in [0.1, 0.15) is 11.2 Å². The monoisotopic (exact) mass is 770 g/mol. The molecule has 0 unspecified atom stereocenters. The lowest BCUT2D eigenvalue weighted by Crippen LogP contribution is -2.17. The Morgan fingerprint density at radius 2 is 1.15 bits per heavy atom. The molecular formula is C57H38OS. The maximum Gasteiger partial charge on any atom is 0.143 e. The second kappa shape index (κ2) is 12.5. The Labute approximate surface area is 346 Å². The van der Waals surface area contributed by atoms with Crippen LogP contribution in [0.4, 0.5) is 0 Å². The van der Waals surface area contributed by atoms with Gasteiger partial charge in [0.2, 0.25) is 0 Å². The number of benzene rings is 9. The third kappa shape index (κ3) is 4.97. The summed E-state index contributed by atoms with van der Waals surface area (Å²) in [5, 5.41) is 12.0. The van der Waals surface area contributed by atoms with Crippen molar-refractivity contribution >= 4 is 93.9 Å². The van der Waals surface area contributed by atoms with E-state index in [0.29, 0.717) is 0 Å². The number of fused-ring (bicyclic) bond motifs is 11. The number of furan rings is 1. The summed E-state index contributed by atoms with van der Waals surface area (Å²) < 4.78 is 8.71. The Balaban J connectivity index is 0.963. The van der Waals surface area contributed by atoms with Gasteiger partial charge in [0, 0.05) is 41.4 Å². The van der Waals surface area contributed by atoms with Gasteiger partial charge in [-0.2, -0.15) is 0 Å². The van der Waals surface area contributed by atoms with E-state index in [2.05, 4.69) is 185 Å². The maximum absolute atomic E-state index is 6.45. The summed E-state index contributed by atoms with van der Waals surface area (Å²) >= 11 is 1.74. The summed E-state index contributed by atoms with van der Waals surface area (Å²) in [6.07, 6.45) is 2.23. The van der Waals surface area contributed by atoms with Crippen LogP contribution in [0.3, 0.4) is 0 Å². The molecular weight excluding hydrogens is 733 g/mol. The summed E-state index contributed by atoms with van der Waals surface area (Å²) in [5.41, 5.74) is 14.1. The molecule has 2 heterocycles. The van der Waals surface area contributed by atoms with Crippen LogP contribution < -0.4 is 9.75 Å². The van der Waals surface area contributed by atoms with Crippen LogP contribution in [0.25, 0.3) is 116 Å². The van der Waals surface area contributed by atoms with Crippen LogP contribution in [0.1, 0.15) is 30.5 Å². The van der Waals surface area contributed by atoms with Crippen molar-refractivity contribution in [2.24, 2.45) is 0 Å². The number of para-hydroxylation sites is 1. The van der Waals surface area contributed by atoms with Crippen molar-refractivity contribution < 1.29 is 4.42 Å². The molecule has 9 aromatic carbocycles. The van der Waals surface area contributed by atoms with Gasteiger partial charge in [-0.3, -0.25) is 0 Å². The number of allylic oxidation sites excluding steroid dienone is 1. The topological polar surface area (TPSA) is 13.1 Å². The quantitative estimate of drug-likeness (QED) is 0.162. The first-order valence-electron chi connectivity index (χ1n) is 20.3. The highest BCUT2D eigenvalue weighted by Gasteiger charge is 2.36. The highest BCUT2D eigenvalue weighted by Crippen LogP contribution is 2.52. The number of rotatable bonds is 4. The molecule has 0 N–H and O–H groups in total. The molecule has 1 nitrogen and oxygen atoms in total. The average molecular weight is 771 g/mol. The fourth-order valence-electron chi connectivity index (χ4n) is 10.0. The van der Waals surface area contributed by atoms with Crippen LogP contribution in [-0.4, -0.2) is 0 Å². The Morgan fingerprint density at radius 3 is 1.86 bits per heavy atom. The van der Waals surface area contributed by atoms with Crippen LogP contribution in [0.2, 0.25) is 0 Å². The Hall–Kier alpha value is -7.00. The van der Waals surface area contributed by atoms with Crippen molar-refractivity contribution in [1.29, 1.82) is 0 Å². The van der Waals surface area contributed by atoms with E-state index in [9.17, 15) is 0 Å². The highest BCUT2D eigenvalue weighted by atomic mass is 32.1. The van der Waals surface area contributed by atoms with Crippen LogP contribution >= 0.6 is 11.3 Å². The van der Waals surface area contributed by atoms with E-state index < -0.39 is 0 Å². The first-order valence-corrected chi connectivity index (χ1v) is 21.1. The van der Waals surface area contributed by atoms with Gasteiger partial charge in [-0.05, 0) is 125 Å². The highest BCUT2D eigenvalue weighted by molar-refractivity contribution is 7.17. The fraction of sp³-hybridized carbons (Fsp3) is 0.0526. The van der Waals surface area contributed by atoms with E-state index in [4.69, 9.17) is 4.42 Å². The molecule has 0 saturated heterocycles. The molecule has 278 valence electrons. The maximum atomic E-state index is 6.45. The molecule has 11 aromatic rings. The SMILES string of the molecule is C=C(/C=c1\c(=C)sc2cc3ccc4c5ccccc5oc4c3cc12)c1ccc2c(c1)C(C)(C)c1cc(-c3c4ccccc4c(-c4ccccc4)c4ccccc34)ccc1-2. The van der Waals surface area contributed by atoms with Gasteiger partial charge in [0.25, 0.3) is 0 Å². The zero-order valence-electron chi connectivity index (χ0n) is 32.9. The van der Waals surface area contributed by atoms with Crippen molar-refractivity contribution in [3.05, 3.63) is 197 Å². The Bertz CT molecular complexity index is 3670. The number of hydrogen-bond acceptors (Lipinski definition) is 2. The Kier molecular flexibility index (Phi) is 7.22. The summed E-state index contributed by atoms with van der Waals surface area (Å²) in [6.45, 7) is 13.9. The first kappa shape index (κ1) is 34.1. The Morgan fingerprint density at radius 1 is 0.542 bits per heavy atom. The zero-order chi connectivity index (χ0) is 39.6. The van der Waals surface area contributed by atoms with Gasteiger partial charge in [0.05, 0.1) is 0 Å². The first-order chi connectivity index (χ1) is 28.8. The van der Waals surface area contributed by atoms with Crippen molar-refractivity contribution in [3.63, 3.8) is 0 Å². The van der Waals surface area contributed by atoms with Gasteiger partial charge in [-0.1, -0.05) is 154 Å². The molecule has 0 bridgehead atoms. The summed E-state index contributed by atoms with van der Waals surface area (Å²) in [5.74, 6) is 0. The van der Waals surface area contributed by atoms with Crippen LogP contribution in [0, 0.1) is 0 Å². The van der Waals surface area contributed by atoms with Crippen molar-refractivity contribution in [2.75, 3.05) is 0 Å². The van der Waals surface area contributed by atoms with E-state index >= 15 is 0 Å². The fourth-order valence-corrected chi connectivity index (χ4v) is 11.0. The number of thiophene rings is 1. The standard InChI is InChI=1S/C57H38OS/c1-33(28-47-34(2)59-53-31-37-23-27-46-41-16-12-13-21-52(41)58-56(46)48(37)32-49(47)53)36-22-25-39-40-26-24-38(30-51(40)57(3,4)50(39)29-36)55-44-19-10-8-17-42(44)54(35-14-6-5-7-15-35)43-18-9-11-20-45(43)55/h5-32H,1-2H2,3-4H3/b47-28+. The van der Waals surface area contributed by atoms with Crippen LogP contribution in [0.5, 0.6) is 0 Å². The van der Waals surface area contributed by atoms with Gasteiger partial charge in [-0.25, -0.2) is 0 Å². The molecule has 0 fully saturated rings. The van der Waals surface area contributed by atoms with Crippen LogP contribution in [0.15, 0.2) is 175 Å². The van der Waals surface area contributed by atoms with Gasteiger partial charge in [0.15, 0.2) is 0 Å². The predicted molar refractivity (Wildman–Crippen MR) is 255 cm³/mol. The second-order valence-corrected chi connectivity index (χ2v) is 17.7. The average Bonchev–Trinajstić information content (AvgIpc) is 3.87. The molecule has 0 atom stereocenters.